The van der Waals surface area contributed by atoms with Crippen molar-refractivity contribution in [2.75, 3.05) is 13.2 Å². The second-order valence-corrected chi connectivity index (χ2v) is 8.51. The number of alkyl carbamates (subject to hydrolysis) is 1. The molecule has 0 aromatic rings. The number of hydrogen-bond donors (Lipinski definition) is 4. The number of rotatable bonds is 3. The molecule has 1 fully saturated rings. The molecule has 1 spiro atoms. The van der Waals surface area contributed by atoms with Crippen LogP contribution in [0.2, 0.25) is 0 Å². The van der Waals surface area contributed by atoms with Gasteiger partial charge >= 0.3 is 12.1 Å². The van der Waals surface area contributed by atoms with Crippen LogP contribution in [0.4, 0.5) is 4.79 Å². The van der Waals surface area contributed by atoms with E-state index in [-0.39, 0.29) is 18.4 Å². The van der Waals surface area contributed by atoms with Crippen molar-refractivity contribution < 1.29 is 19.4 Å². The van der Waals surface area contributed by atoms with Crippen molar-refractivity contribution in [1.82, 2.24) is 20.9 Å². The topological polar surface area (TPSA) is 115 Å². The van der Waals surface area contributed by atoms with Crippen molar-refractivity contribution in [3.8, 4) is 0 Å². The maximum absolute atomic E-state index is 12.0. The van der Waals surface area contributed by atoms with Crippen molar-refractivity contribution in [2.24, 2.45) is 4.99 Å². The van der Waals surface area contributed by atoms with Crippen LogP contribution < -0.4 is 16.0 Å². The number of carbonyl (C=O) groups is 2. The van der Waals surface area contributed by atoms with Crippen molar-refractivity contribution in [1.29, 1.82) is 0 Å². The van der Waals surface area contributed by atoms with Crippen LogP contribution in [0.15, 0.2) is 29.5 Å². The molecule has 0 bridgehead atoms. The molecule has 4 N–H and O–H groups in total. The van der Waals surface area contributed by atoms with Crippen LogP contribution in [-0.2, 0) is 9.53 Å². The summed E-state index contributed by atoms with van der Waals surface area (Å²) < 4.78 is 3.12. The Morgan fingerprint density at radius 2 is 2.27 bits per heavy atom. The Balaban J connectivity index is 1.83. The predicted molar refractivity (Wildman–Crippen MR) is 96.0 cm³/mol. The number of carboxylic acids is 1. The van der Waals surface area contributed by atoms with Crippen molar-refractivity contribution >= 4 is 52.8 Å². The van der Waals surface area contributed by atoms with Gasteiger partial charge in [-0.1, -0.05) is 47.5 Å². The highest BCUT2D eigenvalue weighted by Crippen LogP contribution is 2.36. The lowest BCUT2D eigenvalue weighted by molar-refractivity contribution is -0.137. The third kappa shape index (κ3) is 3.65. The molecule has 3 aliphatic heterocycles. The summed E-state index contributed by atoms with van der Waals surface area (Å²) in [4.78, 5) is 29.4. The summed E-state index contributed by atoms with van der Waals surface area (Å²) in [5.41, 5.74) is -0.781. The van der Waals surface area contributed by atoms with Crippen molar-refractivity contribution in [3.05, 3.63) is 24.6 Å². The molecule has 142 valence electrons. The minimum Gasteiger partial charge on any atom is -0.481 e. The number of ether oxygens (including phenoxy) is 1. The van der Waals surface area contributed by atoms with Gasteiger partial charge in [0.2, 0.25) is 9.75 Å². The summed E-state index contributed by atoms with van der Waals surface area (Å²) >= 11 is 16.7. The van der Waals surface area contributed by atoms with Crippen LogP contribution in [0.3, 0.4) is 0 Å². The molecule has 0 saturated carbocycles. The van der Waals surface area contributed by atoms with E-state index >= 15 is 0 Å². The van der Waals surface area contributed by atoms with Gasteiger partial charge in [0.15, 0.2) is 5.66 Å². The Morgan fingerprint density at radius 1 is 1.54 bits per heavy atom. The van der Waals surface area contributed by atoms with Gasteiger partial charge in [-0.25, -0.2) is 9.79 Å². The fourth-order valence-corrected chi connectivity index (χ4v) is 3.45. The normalized spacial score (nSPS) is 29.3. The van der Waals surface area contributed by atoms with E-state index in [0.717, 1.165) is 0 Å². The molecule has 1 amide bonds. The first-order chi connectivity index (χ1) is 12.1. The quantitative estimate of drug-likeness (QED) is 0.393. The molecule has 9 nitrogen and oxygen atoms in total. The maximum Gasteiger partial charge on any atom is 0.414 e. The Bertz CT molecular complexity index is 707. The summed E-state index contributed by atoms with van der Waals surface area (Å²) in [6.45, 7) is 3.85. The molecule has 3 aliphatic rings. The number of alkyl halides is 3. The molecular weight excluding hydrogens is 409 g/mol. The maximum atomic E-state index is 12.0. The van der Waals surface area contributed by atoms with Gasteiger partial charge < -0.3 is 25.4 Å². The summed E-state index contributed by atoms with van der Waals surface area (Å²) in [6, 6.07) is -1.02. The number of aliphatic carboxylic acids is 1. The highest BCUT2D eigenvalue weighted by atomic mass is 35.6. The third-order valence-electron chi connectivity index (χ3n) is 4.15. The van der Waals surface area contributed by atoms with Crippen LogP contribution in [0.25, 0.3) is 0 Å². The predicted octanol–water partition coefficient (Wildman–Crippen LogP) is 0.896. The second-order valence-electron chi connectivity index (χ2n) is 6.00. The Morgan fingerprint density at radius 3 is 2.92 bits per heavy atom. The van der Waals surface area contributed by atoms with E-state index in [9.17, 15) is 14.7 Å². The van der Waals surface area contributed by atoms with E-state index in [2.05, 4.69) is 27.5 Å². The van der Waals surface area contributed by atoms with Gasteiger partial charge in [0, 0.05) is 6.54 Å². The molecule has 26 heavy (non-hydrogen) atoms. The van der Waals surface area contributed by atoms with Gasteiger partial charge in [-0.2, -0.15) is 0 Å². The summed E-state index contributed by atoms with van der Waals surface area (Å²) in [6.07, 6.45) is 2.67. The molecule has 0 aromatic carbocycles. The fraction of sp³-hybridized carbons (Fsp3) is 0.500. The first-order valence-electron chi connectivity index (χ1n) is 7.60. The number of nitrogens with zero attached hydrogens (tertiary/aromatic N) is 2. The highest BCUT2D eigenvalue weighted by Gasteiger charge is 2.56. The van der Waals surface area contributed by atoms with Crippen molar-refractivity contribution in [3.63, 3.8) is 0 Å². The molecule has 0 radical (unpaired) electrons. The number of nitrogens with one attached hydrogen (secondary N) is 3. The zero-order valence-corrected chi connectivity index (χ0v) is 15.6. The van der Waals surface area contributed by atoms with Gasteiger partial charge in [-0.3, -0.25) is 10.1 Å². The molecule has 3 atom stereocenters. The number of halogens is 3. The Kier molecular flexibility index (Phi) is 4.89. The van der Waals surface area contributed by atoms with Gasteiger partial charge in [-0.15, -0.1) is 0 Å². The van der Waals surface area contributed by atoms with E-state index < -0.39 is 34.2 Å². The summed E-state index contributed by atoms with van der Waals surface area (Å²) in [5.74, 6) is -0.310. The average Bonchev–Trinajstić information content (AvgIpc) is 3.07. The lowest BCUT2D eigenvalue weighted by atomic mass is 9.91. The van der Waals surface area contributed by atoms with Crippen LogP contribution >= 0.6 is 34.8 Å². The molecular formula is C14H16Cl3N5O4. The van der Waals surface area contributed by atoms with Gasteiger partial charge in [0.25, 0.3) is 0 Å². The SMILES string of the molecule is C=C1N[C@H]2[C@H](CC(=O)O)N=C(NC(=O)OCC(Cl)(Cl)Cl)N3CC=CC23N1. The number of carboxylic acid groups (broad SMARTS) is 1. The van der Waals surface area contributed by atoms with Gasteiger partial charge in [0.05, 0.1) is 24.3 Å². The summed E-state index contributed by atoms with van der Waals surface area (Å²) in [5, 5.41) is 18.0. The third-order valence-corrected chi connectivity index (χ3v) is 4.48. The smallest absolute Gasteiger partial charge is 0.414 e. The number of amides is 1. The van der Waals surface area contributed by atoms with Gasteiger partial charge in [-0.05, 0) is 6.08 Å². The van der Waals surface area contributed by atoms with E-state index in [1.807, 2.05) is 12.2 Å². The van der Waals surface area contributed by atoms with E-state index in [1.165, 1.54) is 0 Å². The van der Waals surface area contributed by atoms with Crippen LogP contribution in [0.5, 0.6) is 0 Å². The number of carbonyl (C=O) groups excluding carboxylic acids is 1. The standard InChI is InChI=1S/C14H16Cl3N5O4/c1-7-18-10-8(5-9(23)24)19-11(20-12(25)26-6-14(15,16)17)22-4-2-3-13(10,22)21-7/h2-3,8,10,18,21H,1,4-6H2,(H,23,24)(H,19,20,25)/t8-,10-,13?/m0/s1. The summed E-state index contributed by atoms with van der Waals surface area (Å²) in [7, 11) is 0. The molecule has 0 aliphatic carbocycles. The number of guanidine groups is 1. The lowest BCUT2D eigenvalue weighted by Crippen LogP contribution is -2.69. The number of aliphatic imine (C=N–C) groups is 1. The molecule has 3 heterocycles. The first kappa shape index (κ1) is 18.9. The van der Waals surface area contributed by atoms with E-state index in [0.29, 0.717) is 12.4 Å². The van der Waals surface area contributed by atoms with Crippen LogP contribution in [0.1, 0.15) is 6.42 Å². The van der Waals surface area contributed by atoms with Crippen molar-refractivity contribution in [2.45, 2.75) is 28.0 Å². The minimum absolute atomic E-state index is 0.163. The largest absolute Gasteiger partial charge is 0.481 e. The monoisotopic (exact) mass is 423 g/mol. The first-order valence-corrected chi connectivity index (χ1v) is 8.73. The van der Waals surface area contributed by atoms with Crippen LogP contribution in [-0.4, -0.2) is 62.7 Å². The minimum atomic E-state index is -1.74. The molecule has 3 rings (SSSR count). The fourth-order valence-electron chi connectivity index (χ4n) is 3.28. The van der Waals surface area contributed by atoms with E-state index in [1.54, 1.807) is 4.90 Å². The number of hydrogen-bond acceptors (Lipinski definition) is 7. The highest BCUT2D eigenvalue weighted by molar-refractivity contribution is 6.67. The molecule has 1 saturated heterocycles. The van der Waals surface area contributed by atoms with E-state index in [4.69, 9.17) is 39.5 Å². The molecule has 1 unspecified atom stereocenters. The Labute approximate surface area is 164 Å². The molecule has 0 aromatic heterocycles. The van der Waals surface area contributed by atoms with Crippen LogP contribution in [0, 0.1) is 0 Å². The average molecular weight is 425 g/mol. The Hall–Kier alpha value is -1.84. The second kappa shape index (κ2) is 6.71. The zero-order valence-electron chi connectivity index (χ0n) is 13.3. The van der Waals surface area contributed by atoms with Gasteiger partial charge in [0.1, 0.15) is 6.61 Å². The lowest BCUT2D eigenvalue weighted by Gasteiger charge is -2.45. The zero-order chi connectivity index (χ0) is 19.1. The molecule has 12 heteroatoms.